The maximum absolute atomic E-state index is 4.37. The van der Waals surface area contributed by atoms with Gasteiger partial charge in [-0.2, -0.15) is 0 Å². The summed E-state index contributed by atoms with van der Waals surface area (Å²) in [6.45, 7) is 3.26. The normalized spacial score (nSPS) is 18.1. The van der Waals surface area contributed by atoms with Crippen LogP contribution in [-0.4, -0.2) is 16.5 Å². The van der Waals surface area contributed by atoms with Crippen molar-refractivity contribution in [1.29, 1.82) is 0 Å². The lowest BCUT2D eigenvalue weighted by molar-refractivity contribution is 0.469. The van der Waals surface area contributed by atoms with Crippen molar-refractivity contribution in [2.45, 2.75) is 32.2 Å². The van der Waals surface area contributed by atoms with Crippen LogP contribution in [0, 0.1) is 5.92 Å². The molecule has 0 saturated heterocycles. The Kier molecular flexibility index (Phi) is 3.09. The summed E-state index contributed by atoms with van der Waals surface area (Å²) in [4.78, 5) is 8.49. The average Bonchev–Trinajstić information content (AvgIpc) is 3.04. The van der Waals surface area contributed by atoms with Gasteiger partial charge in [-0.1, -0.05) is 6.92 Å². The van der Waals surface area contributed by atoms with E-state index >= 15 is 0 Å². The zero-order valence-electron chi connectivity index (χ0n) is 8.61. The third-order valence-corrected chi connectivity index (χ3v) is 2.61. The highest BCUT2D eigenvalue weighted by Crippen LogP contribution is 2.40. The maximum Gasteiger partial charge on any atom is 0.0758 e. The number of nitrogens with one attached hydrogen (secondary N) is 1. The smallest absolute Gasteiger partial charge is 0.0758 e. The van der Waals surface area contributed by atoms with Crippen LogP contribution in [0.2, 0.25) is 0 Å². The standard InChI is InChI=1S/C11H17N3/c1-2-5-14-11(9-3-4-9)10-8-12-6-7-13-10/h6-9,11,14H,2-5H2,1H3. The Morgan fingerprint density at radius 3 is 2.93 bits per heavy atom. The van der Waals surface area contributed by atoms with Crippen LogP contribution in [0.25, 0.3) is 0 Å². The van der Waals surface area contributed by atoms with Crippen molar-refractivity contribution in [2.24, 2.45) is 5.92 Å². The van der Waals surface area contributed by atoms with Crippen molar-refractivity contribution >= 4 is 0 Å². The molecule has 1 aliphatic rings. The molecule has 0 amide bonds. The molecule has 0 aliphatic heterocycles. The van der Waals surface area contributed by atoms with Crippen LogP contribution >= 0.6 is 0 Å². The molecule has 1 atom stereocenters. The SMILES string of the molecule is CCCNC(c1cnccn1)C1CC1. The molecule has 14 heavy (non-hydrogen) atoms. The number of hydrogen-bond acceptors (Lipinski definition) is 3. The van der Waals surface area contributed by atoms with Gasteiger partial charge >= 0.3 is 0 Å². The molecular weight excluding hydrogens is 174 g/mol. The predicted molar refractivity (Wildman–Crippen MR) is 55.8 cm³/mol. The lowest BCUT2D eigenvalue weighted by atomic mass is 10.1. The largest absolute Gasteiger partial charge is 0.308 e. The van der Waals surface area contributed by atoms with Crippen LogP contribution in [0.15, 0.2) is 18.6 Å². The summed E-state index contributed by atoms with van der Waals surface area (Å²) in [7, 11) is 0. The minimum absolute atomic E-state index is 0.434. The molecule has 1 unspecified atom stereocenters. The molecule has 0 aromatic carbocycles. The fourth-order valence-electron chi connectivity index (χ4n) is 1.71. The fraction of sp³-hybridized carbons (Fsp3) is 0.636. The molecule has 3 nitrogen and oxygen atoms in total. The van der Waals surface area contributed by atoms with E-state index in [9.17, 15) is 0 Å². The fourth-order valence-corrected chi connectivity index (χ4v) is 1.71. The lowest BCUT2D eigenvalue weighted by Crippen LogP contribution is -2.24. The van der Waals surface area contributed by atoms with E-state index in [0.29, 0.717) is 6.04 Å². The molecule has 1 aromatic rings. The van der Waals surface area contributed by atoms with Gasteiger partial charge in [-0.3, -0.25) is 9.97 Å². The van der Waals surface area contributed by atoms with Crippen molar-refractivity contribution in [3.63, 3.8) is 0 Å². The summed E-state index contributed by atoms with van der Waals surface area (Å²) in [5, 5.41) is 3.55. The number of aromatic nitrogens is 2. The molecule has 3 heteroatoms. The highest BCUT2D eigenvalue weighted by atomic mass is 15.0. The zero-order valence-corrected chi connectivity index (χ0v) is 8.61. The summed E-state index contributed by atoms with van der Waals surface area (Å²) in [5.41, 5.74) is 1.10. The van der Waals surface area contributed by atoms with Crippen molar-refractivity contribution in [3.05, 3.63) is 24.3 Å². The van der Waals surface area contributed by atoms with Gasteiger partial charge in [0.1, 0.15) is 0 Å². The molecule has 0 bridgehead atoms. The first-order chi connectivity index (χ1) is 6.92. The minimum atomic E-state index is 0.434. The van der Waals surface area contributed by atoms with E-state index < -0.39 is 0 Å². The second kappa shape index (κ2) is 4.51. The van der Waals surface area contributed by atoms with Crippen LogP contribution in [0.5, 0.6) is 0 Å². The highest BCUT2D eigenvalue weighted by Gasteiger charge is 2.32. The summed E-state index contributed by atoms with van der Waals surface area (Å²) in [5.74, 6) is 0.790. The first kappa shape index (κ1) is 9.59. The van der Waals surface area contributed by atoms with Crippen molar-refractivity contribution in [1.82, 2.24) is 15.3 Å². The van der Waals surface area contributed by atoms with E-state index in [-0.39, 0.29) is 0 Å². The molecule has 76 valence electrons. The van der Waals surface area contributed by atoms with Gasteiger partial charge in [-0.05, 0) is 31.7 Å². The Morgan fingerprint density at radius 2 is 2.36 bits per heavy atom. The summed E-state index contributed by atoms with van der Waals surface area (Å²) < 4.78 is 0. The first-order valence-corrected chi connectivity index (χ1v) is 5.41. The number of hydrogen-bond donors (Lipinski definition) is 1. The Labute approximate surface area is 85.0 Å². The van der Waals surface area contributed by atoms with Crippen LogP contribution in [0.3, 0.4) is 0 Å². The van der Waals surface area contributed by atoms with Gasteiger partial charge in [-0.25, -0.2) is 0 Å². The van der Waals surface area contributed by atoms with Crippen molar-refractivity contribution in [3.8, 4) is 0 Å². The Morgan fingerprint density at radius 1 is 1.50 bits per heavy atom. The molecule has 2 rings (SSSR count). The predicted octanol–water partition coefficient (Wildman–Crippen LogP) is 1.93. The molecule has 1 saturated carbocycles. The van der Waals surface area contributed by atoms with E-state index in [1.165, 1.54) is 19.3 Å². The van der Waals surface area contributed by atoms with Gasteiger partial charge < -0.3 is 5.32 Å². The third-order valence-electron chi connectivity index (χ3n) is 2.61. The highest BCUT2D eigenvalue weighted by molar-refractivity contribution is 5.07. The first-order valence-electron chi connectivity index (χ1n) is 5.41. The average molecular weight is 191 g/mol. The van der Waals surface area contributed by atoms with Crippen molar-refractivity contribution < 1.29 is 0 Å². The van der Waals surface area contributed by atoms with Gasteiger partial charge in [0.25, 0.3) is 0 Å². The van der Waals surface area contributed by atoms with Gasteiger partial charge in [0.15, 0.2) is 0 Å². The zero-order chi connectivity index (χ0) is 9.80. The molecule has 0 spiro atoms. The topological polar surface area (TPSA) is 37.8 Å². The molecule has 1 heterocycles. The molecular formula is C11H17N3. The van der Waals surface area contributed by atoms with Crippen LogP contribution in [-0.2, 0) is 0 Å². The maximum atomic E-state index is 4.37. The summed E-state index contributed by atoms with van der Waals surface area (Å²) in [6, 6.07) is 0.434. The molecule has 0 radical (unpaired) electrons. The van der Waals surface area contributed by atoms with Gasteiger partial charge in [0.05, 0.1) is 11.7 Å². The molecule has 1 aromatic heterocycles. The van der Waals surface area contributed by atoms with Gasteiger partial charge in [0.2, 0.25) is 0 Å². The minimum Gasteiger partial charge on any atom is -0.308 e. The Bertz CT molecular complexity index is 269. The number of nitrogens with zero attached hydrogens (tertiary/aromatic N) is 2. The van der Waals surface area contributed by atoms with E-state index in [4.69, 9.17) is 0 Å². The van der Waals surface area contributed by atoms with Crippen LogP contribution in [0.4, 0.5) is 0 Å². The van der Waals surface area contributed by atoms with Crippen LogP contribution < -0.4 is 5.32 Å². The van der Waals surface area contributed by atoms with Gasteiger partial charge in [-0.15, -0.1) is 0 Å². The second-order valence-electron chi connectivity index (χ2n) is 3.90. The van der Waals surface area contributed by atoms with Crippen molar-refractivity contribution in [2.75, 3.05) is 6.54 Å². The Hall–Kier alpha value is -0.960. The van der Waals surface area contributed by atoms with Gasteiger partial charge in [0, 0.05) is 18.6 Å². The summed E-state index contributed by atoms with van der Waals surface area (Å²) in [6.07, 6.45) is 9.22. The third kappa shape index (κ3) is 2.29. The van der Waals surface area contributed by atoms with Crippen LogP contribution in [0.1, 0.15) is 37.9 Å². The van der Waals surface area contributed by atoms with E-state index in [0.717, 1.165) is 18.2 Å². The molecule has 1 aliphatic carbocycles. The second-order valence-corrected chi connectivity index (χ2v) is 3.90. The molecule has 1 N–H and O–H groups in total. The van der Waals surface area contributed by atoms with E-state index in [1.54, 1.807) is 12.4 Å². The monoisotopic (exact) mass is 191 g/mol. The lowest BCUT2D eigenvalue weighted by Gasteiger charge is -2.16. The van der Waals surface area contributed by atoms with E-state index in [2.05, 4.69) is 22.2 Å². The quantitative estimate of drug-likeness (QED) is 0.772. The molecule has 1 fully saturated rings. The van der Waals surface area contributed by atoms with E-state index in [1.807, 2.05) is 6.20 Å². The Balaban J connectivity index is 2.02. The summed E-state index contributed by atoms with van der Waals surface area (Å²) >= 11 is 0. The number of rotatable bonds is 5.